The van der Waals surface area contributed by atoms with Crippen LogP contribution in [-0.4, -0.2) is 33.5 Å². The molecule has 3 N–H and O–H groups in total. The molecule has 0 aliphatic heterocycles. The average Bonchev–Trinajstić information content (AvgIpc) is 3.09. The topological polar surface area (TPSA) is 85.8 Å². The summed E-state index contributed by atoms with van der Waals surface area (Å²) in [4.78, 5) is 13.3. The van der Waals surface area contributed by atoms with Crippen LogP contribution in [0.3, 0.4) is 0 Å². The smallest absolute Gasteiger partial charge is 0.273 e. The molecule has 2 aromatic rings. The molecule has 6 nitrogen and oxygen atoms in total. The Hall–Kier alpha value is -1.44. The number of nitrogens with zero attached hydrogens (tertiary/aromatic N) is 3. The Bertz CT molecular complexity index is 570. The Morgan fingerprint density at radius 2 is 2.27 bits per heavy atom. The number of carbonyl (C=O) groups is 1. The lowest BCUT2D eigenvalue weighted by molar-refractivity contribution is 0.0928. The van der Waals surface area contributed by atoms with Gasteiger partial charge in [0.2, 0.25) is 0 Å². The van der Waals surface area contributed by atoms with Crippen LogP contribution in [0.2, 0.25) is 0 Å². The number of halogens is 1. The van der Waals surface area contributed by atoms with Crippen molar-refractivity contribution in [2.75, 3.05) is 6.54 Å². The van der Waals surface area contributed by atoms with Gasteiger partial charge in [0.1, 0.15) is 0 Å². The Kier molecular flexibility index (Phi) is 7.50. The van der Waals surface area contributed by atoms with E-state index in [9.17, 15) is 4.79 Å². The second-order valence-electron chi connectivity index (χ2n) is 5.42. The van der Waals surface area contributed by atoms with Crippen molar-refractivity contribution < 1.29 is 4.79 Å². The van der Waals surface area contributed by atoms with Gasteiger partial charge in [-0.3, -0.25) is 4.79 Å². The Balaban J connectivity index is 0.00000242. The van der Waals surface area contributed by atoms with Crippen molar-refractivity contribution in [3.63, 3.8) is 0 Å². The lowest BCUT2D eigenvalue weighted by atomic mass is 10.0. The van der Waals surface area contributed by atoms with Crippen molar-refractivity contribution in [1.82, 2.24) is 20.3 Å². The van der Waals surface area contributed by atoms with E-state index in [4.69, 9.17) is 5.73 Å². The molecule has 2 heterocycles. The summed E-state index contributed by atoms with van der Waals surface area (Å²) in [6.07, 6.45) is 2.52. The van der Waals surface area contributed by atoms with Crippen LogP contribution < -0.4 is 11.1 Å². The molecular weight excluding hydrogens is 322 g/mol. The fraction of sp³-hybridized carbons (Fsp3) is 0.500. The molecule has 1 atom stereocenters. The van der Waals surface area contributed by atoms with E-state index < -0.39 is 0 Å². The summed E-state index contributed by atoms with van der Waals surface area (Å²) in [6, 6.07) is 3.99. The van der Waals surface area contributed by atoms with Gasteiger partial charge < -0.3 is 11.1 Å². The minimum Gasteiger partial charge on any atom is -0.347 e. The number of carbonyl (C=O) groups excluding carboxylic acids is 1. The fourth-order valence-corrected chi connectivity index (χ4v) is 2.78. The zero-order valence-corrected chi connectivity index (χ0v) is 14.4. The van der Waals surface area contributed by atoms with Crippen LogP contribution in [0.25, 0.3) is 0 Å². The van der Waals surface area contributed by atoms with E-state index in [1.54, 1.807) is 22.2 Å². The quantitative estimate of drug-likeness (QED) is 0.804. The van der Waals surface area contributed by atoms with E-state index in [1.165, 1.54) is 4.88 Å². The number of amides is 1. The second kappa shape index (κ2) is 8.87. The summed E-state index contributed by atoms with van der Waals surface area (Å²) in [5, 5.41) is 12.8. The number of rotatable bonds is 7. The van der Waals surface area contributed by atoms with Crippen LogP contribution in [0.1, 0.15) is 35.6 Å². The van der Waals surface area contributed by atoms with Gasteiger partial charge >= 0.3 is 0 Å². The van der Waals surface area contributed by atoms with Crippen LogP contribution in [0, 0.1) is 5.92 Å². The zero-order chi connectivity index (χ0) is 15.2. The molecule has 122 valence electrons. The lowest BCUT2D eigenvalue weighted by Crippen LogP contribution is -2.41. The van der Waals surface area contributed by atoms with Crippen molar-refractivity contribution in [3.05, 3.63) is 34.3 Å². The normalized spacial score (nSPS) is 12.0. The fourth-order valence-electron chi connectivity index (χ4n) is 2.08. The monoisotopic (exact) mass is 343 g/mol. The molecule has 0 aliphatic carbocycles. The van der Waals surface area contributed by atoms with Gasteiger partial charge in [-0.1, -0.05) is 25.1 Å². The van der Waals surface area contributed by atoms with Crippen LogP contribution in [-0.2, 0) is 6.54 Å². The molecule has 0 aromatic carbocycles. The minimum atomic E-state index is -0.219. The average molecular weight is 344 g/mol. The maximum absolute atomic E-state index is 12.1. The predicted octanol–water partition coefficient (Wildman–Crippen LogP) is 1.91. The summed E-state index contributed by atoms with van der Waals surface area (Å²) in [6.45, 7) is 5.26. The van der Waals surface area contributed by atoms with Crippen LogP contribution >= 0.6 is 23.7 Å². The van der Waals surface area contributed by atoms with Gasteiger partial charge in [-0.05, 0) is 23.8 Å². The molecule has 2 aromatic heterocycles. The molecule has 0 fully saturated rings. The maximum atomic E-state index is 12.1. The third-order valence-corrected chi connectivity index (χ3v) is 3.91. The van der Waals surface area contributed by atoms with Crippen molar-refractivity contribution in [1.29, 1.82) is 0 Å². The summed E-state index contributed by atoms with van der Waals surface area (Å²) in [5.41, 5.74) is 6.02. The van der Waals surface area contributed by atoms with E-state index in [2.05, 4.69) is 29.5 Å². The zero-order valence-electron chi connectivity index (χ0n) is 12.7. The van der Waals surface area contributed by atoms with E-state index >= 15 is 0 Å². The molecule has 0 saturated carbocycles. The molecule has 0 spiro atoms. The highest BCUT2D eigenvalue weighted by atomic mass is 35.5. The minimum absolute atomic E-state index is 0. The van der Waals surface area contributed by atoms with Gasteiger partial charge in [-0.15, -0.1) is 28.8 Å². The third kappa shape index (κ3) is 5.40. The highest BCUT2D eigenvalue weighted by Gasteiger charge is 2.16. The molecule has 1 unspecified atom stereocenters. The Morgan fingerprint density at radius 1 is 1.50 bits per heavy atom. The highest BCUT2D eigenvalue weighted by Crippen LogP contribution is 2.10. The van der Waals surface area contributed by atoms with Gasteiger partial charge in [0.15, 0.2) is 5.69 Å². The number of nitrogens with one attached hydrogen (secondary N) is 1. The molecule has 8 heteroatoms. The Morgan fingerprint density at radius 3 is 2.86 bits per heavy atom. The summed E-state index contributed by atoms with van der Waals surface area (Å²) < 4.78 is 1.67. The van der Waals surface area contributed by atoms with E-state index in [1.807, 2.05) is 17.5 Å². The number of aromatic nitrogens is 3. The molecular formula is C14H22ClN5OS. The van der Waals surface area contributed by atoms with Gasteiger partial charge in [-0.25, -0.2) is 4.68 Å². The second-order valence-corrected chi connectivity index (χ2v) is 6.45. The predicted molar refractivity (Wildman–Crippen MR) is 90.5 cm³/mol. The van der Waals surface area contributed by atoms with Gasteiger partial charge in [0, 0.05) is 17.5 Å². The lowest BCUT2D eigenvalue weighted by Gasteiger charge is -2.17. The van der Waals surface area contributed by atoms with Crippen molar-refractivity contribution in [2.45, 2.75) is 32.9 Å². The first-order chi connectivity index (χ1) is 10.1. The van der Waals surface area contributed by atoms with Crippen molar-refractivity contribution in [3.8, 4) is 0 Å². The first-order valence-corrected chi connectivity index (χ1v) is 7.90. The summed E-state index contributed by atoms with van der Waals surface area (Å²) >= 11 is 1.65. The van der Waals surface area contributed by atoms with E-state index in [0.29, 0.717) is 24.7 Å². The van der Waals surface area contributed by atoms with Gasteiger partial charge in [0.05, 0.1) is 12.7 Å². The number of hydrogen-bond acceptors (Lipinski definition) is 5. The number of nitrogens with two attached hydrogens (primary N) is 1. The first kappa shape index (κ1) is 18.6. The van der Waals surface area contributed by atoms with Gasteiger partial charge in [-0.2, -0.15) is 0 Å². The number of thiophene rings is 1. The molecule has 0 saturated heterocycles. The van der Waals surface area contributed by atoms with Crippen LogP contribution in [0.15, 0.2) is 23.7 Å². The molecule has 0 aliphatic rings. The van der Waals surface area contributed by atoms with E-state index in [-0.39, 0.29) is 24.4 Å². The van der Waals surface area contributed by atoms with Crippen molar-refractivity contribution >= 4 is 29.7 Å². The van der Waals surface area contributed by atoms with Gasteiger partial charge in [0.25, 0.3) is 5.91 Å². The SMILES string of the molecule is CC(C)CC(CN)NC(=O)c1cn(Cc2cccs2)nn1.Cl. The number of hydrogen-bond donors (Lipinski definition) is 2. The Labute approximate surface area is 140 Å². The molecule has 22 heavy (non-hydrogen) atoms. The molecule has 0 bridgehead atoms. The molecule has 0 radical (unpaired) electrons. The largest absolute Gasteiger partial charge is 0.347 e. The van der Waals surface area contributed by atoms with Crippen LogP contribution in [0.4, 0.5) is 0 Å². The maximum Gasteiger partial charge on any atom is 0.273 e. The van der Waals surface area contributed by atoms with E-state index in [0.717, 1.165) is 6.42 Å². The summed E-state index contributed by atoms with van der Waals surface area (Å²) in [5.74, 6) is 0.261. The highest BCUT2D eigenvalue weighted by molar-refractivity contribution is 7.09. The molecule has 1 amide bonds. The van der Waals surface area contributed by atoms with Crippen molar-refractivity contribution in [2.24, 2.45) is 11.7 Å². The van der Waals surface area contributed by atoms with Crippen LogP contribution in [0.5, 0.6) is 0 Å². The standard InChI is InChI=1S/C14H21N5OS.ClH/c1-10(2)6-11(7-15)16-14(20)13-9-19(18-17-13)8-12-4-3-5-21-12;/h3-5,9-11H,6-8,15H2,1-2H3,(H,16,20);1H. The molecule has 2 rings (SSSR count). The summed E-state index contributed by atoms with van der Waals surface area (Å²) in [7, 11) is 0. The first-order valence-electron chi connectivity index (χ1n) is 7.02. The third-order valence-electron chi connectivity index (χ3n) is 3.04.